The summed E-state index contributed by atoms with van der Waals surface area (Å²) in [5.41, 5.74) is 31.9. The first-order valence-corrected chi connectivity index (χ1v) is 33.7. The maximum absolute atomic E-state index is 5.64. The molecule has 0 fully saturated rings. The molecule has 0 amide bonds. The lowest BCUT2D eigenvalue weighted by atomic mass is 9.81. The van der Waals surface area contributed by atoms with Crippen molar-refractivity contribution in [3.05, 3.63) is 288 Å². The molecule has 0 saturated heterocycles. The van der Waals surface area contributed by atoms with Crippen LogP contribution < -0.4 is 0 Å². The fourth-order valence-electron chi connectivity index (χ4n) is 16.6. The molecule has 18 aromatic rings. The zero-order valence-corrected chi connectivity index (χ0v) is 53.8. The highest BCUT2D eigenvalue weighted by atomic mass is 32.1. The Morgan fingerprint density at radius 1 is 0.344 bits per heavy atom. The molecule has 0 unspecified atom stereocenters. The summed E-state index contributed by atoms with van der Waals surface area (Å²) in [6, 6.07) is 87.9. The normalized spacial score (nSPS) is 14.4. The van der Waals surface area contributed by atoms with E-state index < -0.39 is 0 Å². The van der Waals surface area contributed by atoms with Crippen LogP contribution in [0.25, 0.3) is 147 Å². The summed E-state index contributed by atoms with van der Waals surface area (Å²) in [7, 11) is 0. The monoisotopic (exact) mass is 1230 g/mol. The number of oxazole rings is 1. The average molecular weight is 1230 g/mol. The molecule has 3 aliphatic carbocycles. The lowest BCUT2D eigenvalue weighted by Crippen LogP contribution is -2.16. The molecule has 0 bridgehead atoms. The quantitative estimate of drug-likeness (QED) is 0.177. The lowest BCUT2D eigenvalue weighted by Gasteiger charge is -2.23. The van der Waals surface area contributed by atoms with Crippen molar-refractivity contribution in [2.75, 3.05) is 0 Å². The van der Waals surface area contributed by atoms with Gasteiger partial charge in [0.15, 0.2) is 17.1 Å². The first-order chi connectivity index (χ1) is 45.4. The van der Waals surface area contributed by atoms with Gasteiger partial charge >= 0.3 is 0 Å². The van der Waals surface area contributed by atoms with Crippen LogP contribution in [0.15, 0.2) is 259 Å². The molecule has 444 valence electrons. The van der Waals surface area contributed by atoms with Crippen LogP contribution in [-0.4, -0.2) is 28.7 Å². The van der Waals surface area contributed by atoms with Gasteiger partial charge in [0.05, 0.1) is 64.7 Å². The molecule has 21 rings (SSSR count). The number of rotatable bonds is 3. The van der Waals surface area contributed by atoms with Crippen LogP contribution in [0.3, 0.4) is 0 Å². The van der Waals surface area contributed by atoms with Crippen molar-refractivity contribution in [1.29, 1.82) is 0 Å². The molecule has 6 heterocycles. The molecule has 0 N–H and O–H groups in total. The van der Waals surface area contributed by atoms with E-state index in [1.165, 1.54) is 154 Å². The van der Waals surface area contributed by atoms with Crippen molar-refractivity contribution in [2.24, 2.45) is 0 Å². The minimum atomic E-state index is -0.0894. The number of aromatic nitrogens is 6. The Kier molecular flexibility index (Phi) is 11.4. The third kappa shape index (κ3) is 7.60. The van der Waals surface area contributed by atoms with E-state index in [1.54, 1.807) is 22.7 Å². The predicted octanol–water partition coefficient (Wildman–Crippen LogP) is 22.6. The molecule has 0 spiro atoms. The number of hydrogen-bond acceptors (Lipinski definition) is 6. The molecule has 0 radical (unpaired) electrons. The highest BCUT2D eigenvalue weighted by molar-refractivity contribution is 7.20. The summed E-state index contributed by atoms with van der Waals surface area (Å²) < 4.78 is 15.4. The van der Waals surface area contributed by atoms with E-state index in [1.807, 2.05) is 11.6 Å². The van der Waals surface area contributed by atoms with Crippen molar-refractivity contribution >= 4 is 120 Å². The first kappa shape index (κ1) is 54.1. The molecular formula is C84H60N6OS2. The van der Waals surface area contributed by atoms with Gasteiger partial charge in [-0.3, -0.25) is 4.57 Å². The van der Waals surface area contributed by atoms with Crippen molar-refractivity contribution in [1.82, 2.24) is 28.7 Å². The number of nitrogens with zero attached hydrogens (tertiary/aromatic N) is 6. The summed E-state index contributed by atoms with van der Waals surface area (Å²) in [6.07, 6.45) is 1.51. The van der Waals surface area contributed by atoms with Gasteiger partial charge < -0.3 is 13.6 Å². The summed E-state index contributed by atoms with van der Waals surface area (Å²) in [6.45, 7) is 14.1. The van der Waals surface area contributed by atoms with E-state index in [0.29, 0.717) is 0 Å². The maximum atomic E-state index is 5.64. The molecule has 9 heteroatoms. The van der Waals surface area contributed by atoms with E-state index in [9.17, 15) is 0 Å². The van der Waals surface area contributed by atoms with E-state index in [4.69, 9.17) is 9.40 Å². The fourth-order valence-corrected chi connectivity index (χ4v) is 18.3. The molecule has 6 aromatic heterocycles. The number of hydrogen-bond donors (Lipinski definition) is 0. The SMILES string of the molecule is CC1(C)c2ccccc2-c2ccc3c4ccccc4n(-c4ccc5ncoc5c4)c3c21.CC1(C)c2ccccc2-c2ccc3c4ccccc4n(-c4ccc5ncsc5c4)c3c21.CC1(C)c2ccccc2-c2ccc3c4ccccc4n(-c4nc5ccccc5s4)c3c21. The molecule has 3 aliphatic rings. The van der Waals surface area contributed by atoms with Crippen LogP contribution in [0.4, 0.5) is 0 Å². The first-order valence-electron chi connectivity index (χ1n) is 32.0. The second kappa shape index (κ2) is 19.7. The van der Waals surface area contributed by atoms with Gasteiger partial charge in [0.25, 0.3) is 0 Å². The average Bonchev–Trinajstić information content (AvgIpc) is 1.56. The standard InChI is InChI=1S/C28H20N2O.2C28H20N2S/c1-28(2)22-9-5-3-7-18(22)20-12-13-21-19-8-4-6-10-24(19)30(27(21)26(20)28)17-11-14-23-25(15-17)31-16-29-23;1-28(2)21-11-5-3-9-17(21)19-15-16-20-18-10-4-7-13-23(18)30(26(20)25(19)28)27-29-22-12-6-8-14-24(22)31-27;1-28(2)22-9-5-3-7-18(22)20-12-13-21-19-8-4-6-10-24(19)30(27(21)26(20)28)17-11-14-23-25(15-17)31-16-29-23/h3*3-16H,1-2H3. The minimum Gasteiger partial charge on any atom is -0.443 e. The Bertz CT molecular complexity index is 5660. The topological polar surface area (TPSA) is 66.6 Å². The fraction of sp³-hybridized carbons (Fsp3) is 0.107. The van der Waals surface area contributed by atoms with Gasteiger partial charge in [-0.25, -0.2) is 15.0 Å². The van der Waals surface area contributed by atoms with Crippen LogP contribution in [0.1, 0.15) is 74.9 Å². The van der Waals surface area contributed by atoms with Gasteiger partial charge in [-0.15, -0.1) is 11.3 Å². The van der Waals surface area contributed by atoms with Crippen LogP contribution in [0.5, 0.6) is 0 Å². The summed E-state index contributed by atoms with van der Waals surface area (Å²) in [5.74, 6) is 0. The van der Waals surface area contributed by atoms with Crippen molar-refractivity contribution < 1.29 is 4.42 Å². The Balaban J connectivity index is 0.0000000994. The molecule has 0 atom stereocenters. The van der Waals surface area contributed by atoms with Gasteiger partial charge in [-0.1, -0.05) is 229 Å². The predicted molar refractivity (Wildman–Crippen MR) is 389 cm³/mol. The maximum Gasteiger partial charge on any atom is 0.195 e. The summed E-state index contributed by atoms with van der Waals surface area (Å²) >= 11 is 3.47. The molecule has 12 aromatic carbocycles. The van der Waals surface area contributed by atoms with Crippen LogP contribution >= 0.6 is 22.7 Å². The zero-order valence-electron chi connectivity index (χ0n) is 52.2. The lowest BCUT2D eigenvalue weighted by molar-refractivity contribution is 0.602. The highest BCUT2D eigenvalue weighted by Crippen LogP contribution is 2.56. The zero-order chi connectivity index (χ0) is 62.2. The molecule has 7 nitrogen and oxygen atoms in total. The largest absolute Gasteiger partial charge is 0.443 e. The van der Waals surface area contributed by atoms with Gasteiger partial charge in [-0.05, 0) is 127 Å². The number of fused-ring (bicyclic) bond motifs is 24. The molecule has 0 saturated carbocycles. The second-order valence-corrected chi connectivity index (χ2v) is 28.6. The summed E-state index contributed by atoms with van der Waals surface area (Å²) in [4.78, 5) is 13.8. The van der Waals surface area contributed by atoms with E-state index in [0.717, 1.165) is 33.0 Å². The Morgan fingerprint density at radius 2 is 0.774 bits per heavy atom. The molecule has 93 heavy (non-hydrogen) atoms. The van der Waals surface area contributed by atoms with Gasteiger partial charge in [0.2, 0.25) is 0 Å². The van der Waals surface area contributed by atoms with Crippen LogP contribution in [0.2, 0.25) is 0 Å². The second-order valence-electron chi connectivity index (χ2n) is 26.7. The number of thiazole rings is 2. The minimum absolute atomic E-state index is 0.0633. The van der Waals surface area contributed by atoms with Gasteiger partial charge in [0.1, 0.15) is 5.52 Å². The Hall–Kier alpha value is -10.7. The highest BCUT2D eigenvalue weighted by Gasteiger charge is 2.41. The van der Waals surface area contributed by atoms with Gasteiger partial charge in [-0.2, -0.15) is 0 Å². The number of para-hydroxylation sites is 4. The van der Waals surface area contributed by atoms with E-state index in [-0.39, 0.29) is 16.2 Å². The Labute approximate surface area is 544 Å². The van der Waals surface area contributed by atoms with E-state index >= 15 is 0 Å². The van der Waals surface area contributed by atoms with Crippen LogP contribution in [-0.2, 0) is 16.2 Å². The van der Waals surface area contributed by atoms with E-state index in [2.05, 4.69) is 302 Å². The number of benzene rings is 12. The smallest absolute Gasteiger partial charge is 0.195 e. The molecule has 0 aliphatic heterocycles. The van der Waals surface area contributed by atoms with Gasteiger partial charge in [0, 0.05) is 60.3 Å². The summed E-state index contributed by atoms with van der Waals surface area (Å²) in [5, 5.41) is 8.79. The molecular weight excluding hydrogens is 1170 g/mol. The van der Waals surface area contributed by atoms with Crippen molar-refractivity contribution in [3.8, 4) is 49.9 Å². The third-order valence-corrected chi connectivity index (χ3v) is 22.5. The Morgan fingerprint density at radius 3 is 1.29 bits per heavy atom. The van der Waals surface area contributed by atoms with Crippen molar-refractivity contribution in [3.63, 3.8) is 0 Å². The van der Waals surface area contributed by atoms with Crippen LogP contribution in [0, 0.1) is 0 Å². The third-order valence-electron chi connectivity index (χ3n) is 20.7. The van der Waals surface area contributed by atoms with Crippen molar-refractivity contribution in [2.45, 2.75) is 57.8 Å².